The van der Waals surface area contributed by atoms with Crippen LogP contribution in [0.3, 0.4) is 0 Å². The Hall–Kier alpha value is -4.10. The average molecular weight is 806 g/mol. The lowest BCUT2D eigenvalue weighted by Crippen LogP contribution is -2.44. The number of phenolic OH excluding ortho intramolecular Hbond substituents is 1. The Kier molecular flexibility index (Phi) is 13.7. The van der Waals surface area contributed by atoms with Gasteiger partial charge in [0, 0.05) is 38.2 Å². The first-order valence-corrected chi connectivity index (χ1v) is 19.0. The third-order valence-electron chi connectivity index (χ3n) is 6.34. The van der Waals surface area contributed by atoms with Crippen LogP contribution in [0.2, 0.25) is 0 Å². The lowest BCUT2D eigenvalue weighted by molar-refractivity contribution is -0.384. The Morgan fingerprint density at radius 2 is 1.76 bits per heavy atom. The molecule has 2 N–H and O–H groups in total. The number of ether oxygens (including phenoxy) is 3. The number of esters is 2. The summed E-state index contributed by atoms with van der Waals surface area (Å²) in [5.41, 5.74) is 1.17. The number of hydrogen-bond acceptors (Lipinski definition) is 15. The van der Waals surface area contributed by atoms with Crippen molar-refractivity contribution in [1.29, 1.82) is 0 Å². The number of nitrogens with zero attached hydrogens (tertiary/aromatic N) is 5. The molecule has 264 valence electrons. The molecule has 0 aliphatic heterocycles. The molecule has 14 nitrogen and oxygen atoms in total. The minimum absolute atomic E-state index is 0.0149. The van der Waals surface area contributed by atoms with Crippen molar-refractivity contribution in [3.63, 3.8) is 0 Å². The van der Waals surface area contributed by atoms with Gasteiger partial charge in [0.25, 0.3) is 5.69 Å². The van der Waals surface area contributed by atoms with Crippen molar-refractivity contribution in [2.75, 3.05) is 25.7 Å². The number of nitro groups is 1. The lowest BCUT2D eigenvalue weighted by atomic mass is 10.2. The second-order valence-electron chi connectivity index (χ2n) is 11.2. The molecular formula is C32H33BrN6O8S3. The van der Waals surface area contributed by atoms with Gasteiger partial charge in [0.2, 0.25) is 5.16 Å². The average Bonchev–Trinajstić information content (AvgIpc) is 3.48. The Balaban J connectivity index is 1.45. The molecule has 1 atom stereocenters. The normalized spacial score (nSPS) is 12.1. The predicted molar refractivity (Wildman–Crippen MR) is 199 cm³/mol. The number of aromatic hydroxyl groups is 1. The molecule has 0 aliphatic rings. The molecular weight excluding hydrogens is 772 g/mol. The first kappa shape index (κ1) is 38.7. The van der Waals surface area contributed by atoms with Crippen LogP contribution < -0.4 is 19.5 Å². The van der Waals surface area contributed by atoms with Crippen LogP contribution in [0, 0.1) is 10.1 Å². The topological polar surface area (TPSA) is 180 Å². The van der Waals surface area contributed by atoms with E-state index in [1.165, 1.54) is 60.0 Å². The predicted octanol–water partition coefficient (Wildman–Crippen LogP) is 6.58. The molecule has 0 spiro atoms. The first-order chi connectivity index (χ1) is 23.8. The second-order valence-corrected chi connectivity index (χ2v) is 16.0. The number of nitro benzene ring substituents is 1. The highest BCUT2D eigenvalue weighted by molar-refractivity contribution is 9.10. The van der Waals surface area contributed by atoms with Crippen LogP contribution in [0.25, 0.3) is 11.4 Å². The molecule has 0 radical (unpaired) electrons. The minimum Gasteiger partial charge on any atom is -0.504 e. The van der Waals surface area contributed by atoms with Crippen molar-refractivity contribution in [3.05, 3.63) is 80.8 Å². The number of nitrogens with one attached hydrogen (secondary N) is 1. The van der Waals surface area contributed by atoms with E-state index >= 15 is 0 Å². The standard InChI is InChI=1S/C32H33BrN6O8S3/c1-32(2,3)50-49-18-25(34-17-28(41)46-22-12-8-21(9-13-22)39(43)44)30(42)47-23-10-6-19(7-11-23)29-36-37-31(48-5)38(29)35-16-20-14-27(45-4)26(40)15-24(20)33/h6-16,25,34,40H,17-18H2,1-5H3/b35-16+. The Labute approximate surface area is 308 Å². The van der Waals surface area contributed by atoms with Crippen LogP contribution in [0.5, 0.6) is 23.0 Å². The van der Waals surface area contributed by atoms with Crippen molar-refractivity contribution >= 4 is 73.1 Å². The number of phenols is 1. The second kappa shape index (κ2) is 17.7. The molecule has 1 heterocycles. The molecule has 18 heteroatoms. The van der Waals surface area contributed by atoms with Crippen LogP contribution in [0.4, 0.5) is 5.69 Å². The zero-order valence-electron chi connectivity index (χ0n) is 27.5. The molecule has 0 amide bonds. The molecule has 0 fully saturated rings. The zero-order valence-corrected chi connectivity index (χ0v) is 31.5. The number of halogens is 1. The Morgan fingerprint density at radius 1 is 1.10 bits per heavy atom. The van der Waals surface area contributed by atoms with Gasteiger partial charge in [-0.1, -0.05) is 54.1 Å². The number of carbonyl (C=O) groups excluding carboxylic acids is 2. The van der Waals surface area contributed by atoms with Gasteiger partial charge in [-0.3, -0.25) is 20.2 Å². The molecule has 0 saturated carbocycles. The SMILES string of the molecule is COc1cc(/C=N/n2c(SC)nnc2-c2ccc(OC(=O)C(CSSC(C)(C)C)NCC(=O)Oc3ccc([N+](=O)[O-])cc3)cc2)c(Br)cc1O. The fourth-order valence-electron chi connectivity index (χ4n) is 3.98. The van der Waals surface area contributed by atoms with Crippen molar-refractivity contribution in [1.82, 2.24) is 20.2 Å². The highest BCUT2D eigenvalue weighted by Crippen LogP contribution is 2.36. The van der Waals surface area contributed by atoms with Gasteiger partial charge in [0.1, 0.15) is 17.5 Å². The smallest absolute Gasteiger partial charge is 0.329 e. The quantitative estimate of drug-likeness (QED) is 0.0250. The molecule has 3 aromatic carbocycles. The molecule has 50 heavy (non-hydrogen) atoms. The van der Waals surface area contributed by atoms with Crippen molar-refractivity contribution in [2.24, 2.45) is 5.10 Å². The largest absolute Gasteiger partial charge is 0.504 e. The van der Waals surface area contributed by atoms with Crippen LogP contribution in [-0.4, -0.2) is 79.5 Å². The van der Waals surface area contributed by atoms with Gasteiger partial charge < -0.3 is 19.3 Å². The summed E-state index contributed by atoms with van der Waals surface area (Å²) in [7, 11) is 4.50. The van der Waals surface area contributed by atoms with E-state index in [1.807, 2.05) is 27.0 Å². The fraction of sp³-hybridized carbons (Fsp3) is 0.281. The van der Waals surface area contributed by atoms with E-state index in [0.29, 0.717) is 38.1 Å². The Morgan fingerprint density at radius 3 is 2.38 bits per heavy atom. The number of aromatic nitrogens is 3. The first-order valence-electron chi connectivity index (χ1n) is 14.7. The van der Waals surface area contributed by atoms with Crippen LogP contribution in [-0.2, 0) is 9.59 Å². The monoisotopic (exact) mass is 804 g/mol. The highest BCUT2D eigenvalue weighted by Gasteiger charge is 2.24. The summed E-state index contributed by atoms with van der Waals surface area (Å²) < 4.78 is 18.3. The Bertz CT molecular complexity index is 1850. The van der Waals surface area contributed by atoms with Gasteiger partial charge in [-0.05, 0) is 70.7 Å². The molecule has 0 bridgehead atoms. The minimum atomic E-state index is -0.863. The summed E-state index contributed by atoms with van der Waals surface area (Å²) in [6.45, 7) is 5.84. The van der Waals surface area contributed by atoms with Gasteiger partial charge in [-0.15, -0.1) is 10.2 Å². The van der Waals surface area contributed by atoms with E-state index < -0.39 is 22.9 Å². The van der Waals surface area contributed by atoms with Gasteiger partial charge in [0.05, 0.1) is 24.8 Å². The maximum absolute atomic E-state index is 13.3. The number of hydrogen-bond donors (Lipinski definition) is 2. The molecule has 0 saturated heterocycles. The van der Waals surface area contributed by atoms with E-state index in [-0.39, 0.29) is 34.2 Å². The van der Waals surface area contributed by atoms with Crippen molar-refractivity contribution < 1.29 is 33.8 Å². The third-order valence-corrected chi connectivity index (χ3v) is 11.0. The summed E-state index contributed by atoms with van der Waals surface area (Å²) >= 11 is 4.78. The summed E-state index contributed by atoms with van der Waals surface area (Å²) in [5, 5.41) is 37.5. The number of thioether (sulfide) groups is 1. The molecule has 1 unspecified atom stereocenters. The van der Waals surface area contributed by atoms with E-state index in [1.54, 1.807) is 52.0 Å². The van der Waals surface area contributed by atoms with E-state index in [2.05, 4.69) is 36.5 Å². The van der Waals surface area contributed by atoms with E-state index in [0.717, 1.165) is 0 Å². The van der Waals surface area contributed by atoms with Crippen molar-refractivity contribution in [3.8, 4) is 34.4 Å². The van der Waals surface area contributed by atoms with Crippen molar-refractivity contribution in [2.45, 2.75) is 36.7 Å². The third kappa shape index (κ3) is 10.9. The summed E-state index contributed by atoms with van der Waals surface area (Å²) in [6.07, 6.45) is 3.43. The zero-order chi connectivity index (χ0) is 36.4. The number of non-ortho nitro benzene ring substituents is 1. The van der Waals surface area contributed by atoms with Gasteiger partial charge >= 0.3 is 11.9 Å². The molecule has 4 rings (SSSR count). The molecule has 4 aromatic rings. The van der Waals surface area contributed by atoms with E-state index in [9.17, 15) is 24.8 Å². The van der Waals surface area contributed by atoms with Crippen LogP contribution >= 0.6 is 49.3 Å². The number of carbonyl (C=O) groups is 2. The van der Waals surface area contributed by atoms with Crippen LogP contribution in [0.1, 0.15) is 26.3 Å². The lowest BCUT2D eigenvalue weighted by Gasteiger charge is -2.20. The van der Waals surface area contributed by atoms with Gasteiger partial charge in [0.15, 0.2) is 17.3 Å². The summed E-state index contributed by atoms with van der Waals surface area (Å²) in [6, 6.07) is 14.1. The summed E-state index contributed by atoms with van der Waals surface area (Å²) in [5.74, 6) is 0.140. The maximum atomic E-state index is 13.3. The number of benzene rings is 3. The number of rotatable bonds is 15. The van der Waals surface area contributed by atoms with Gasteiger partial charge in [-0.2, -0.15) is 9.78 Å². The fourth-order valence-corrected chi connectivity index (χ4v) is 7.32. The van der Waals surface area contributed by atoms with Crippen LogP contribution in [0.15, 0.2) is 75.4 Å². The molecule has 0 aliphatic carbocycles. The number of methoxy groups -OCH3 is 1. The van der Waals surface area contributed by atoms with E-state index in [4.69, 9.17) is 14.2 Å². The molecule has 1 aromatic heterocycles. The summed E-state index contributed by atoms with van der Waals surface area (Å²) in [4.78, 5) is 36.2. The van der Waals surface area contributed by atoms with Gasteiger partial charge in [-0.25, -0.2) is 4.79 Å². The maximum Gasteiger partial charge on any atom is 0.329 e. The highest BCUT2D eigenvalue weighted by atomic mass is 79.9.